The molecule has 0 aromatic carbocycles. The van der Waals surface area contributed by atoms with Gasteiger partial charge in [-0.15, -0.1) is 0 Å². The van der Waals surface area contributed by atoms with E-state index in [1.165, 1.54) is 6.92 Å². The summed E-state index contributed by atoms with van der Waals surface area (Å²) in [7, 11) is -2.39. The minimum atomic E-state index is -2.39. The van der Waals surface area contributed by atoms with Crippen molar-refractivity contribution in [3.05, 3.63) is 63.1 Å². The number of hydrogen-bond donors (Lipinski definition) is 0. The zero-order valence-electron chi connectivity index (χ0n) is 32.3. The van der Waals surface area contributed by atoms with Crippen molar-refractivity contribution < 1.29 is 85.1 Å². The van der Waals surface area contributed by atoms with E-state index in [1.807, 2.05) is 6.08 Å². The summed E-state index contributed by atoms with van der Waals surface area (Å²) >= 11 is 0. The Bertz CT molecular complexity index is 1150. The van der Waals surface area contributed by atoms with E-state index >= 15 is 0 Å². The second-order valence-corrected chi connectivity index (χ2v) is 19.4. The largest absolute Gasteiger partial charge is 0 e. The molecule has 0 unspecified atom stereocenters. The standard InChI is InChI=1S/C35H56O7Si.4CO.2Co/c1-23(2)43(24(3)4,25(5)6)42-34(35(9)33(38-27(8)36)20-17-26(7)41-35)22-28-14-11-10-12-15-31-32(39-28)19-18-29-30(40-31)16-13-21-37-29;4*1-2;;/h10,12,18-19,23-26,28-34H,13,15-17,20-22H2,1-9H3;;;;;;/b12-10-,14-11?;;;;;;/t26-,28+,29-,30+,31-,32+,33-,34-,35-;;;;;;/m1....../s1. The quantitative estimate of drug-likeness (QED) is 0.0793. The Morgan fingerprint density at radius 1 is 0.887 bits per heavy atom. The van der Waals surface area contributed by atoms with E-state index < -0.39 is 32.2 Å². The molecule has 0 amide bonds. The predicted octanol–water partition coefficient (Wildman–Crippen LogP) is 7.05. The zero-order valence-corrected chi connectivity index (χ0v) is 35.3. The Kier molecular flexibility index (Phi) is 30.6. The van der Waals surface area contributed by atoms with Gasteiger partial charge in [-0.3, -0.25) is 4.79 Å². The molecule has 2 saturated heterocycles. The molecule has 0 saturated carbocycles. The maximum atomic E-state index is 12.3. The van der Waals surface area contributed by atoms with Gasteiger partial charge in [0, 0.05) is 53.5 Å². The summed E-state index contributed by atoms with van der Waals surface area (Å²) in [6.07, 6.45) is 17.9. The van der Waals surface area contributed by atoms with Crippen molar-refractivity contribution in [3.8, 4) is 0 Å². The van der Waals surface area contributed by atoms with Crippen LogP contribution in [0.2, 0.25) is 16.6 Å². The average Bonchev–Trinajstić information content (AvgIpc) is 3.22. The van der Waals surface area contributed by atoms with Crippen molar-refractivity contribution in [2.75, 3.05) is 6.61 Å². The second kappa shape index (κ2) is 29.0. The summed E-state index contributed by atoms with van der Waals surface area (Å²) in [6, 6.07) is 0. The fourth-order valence-corrected chi connectivity index (χ4v) is 13.6. The van der Waals surface area contributed by atoms with E-state index in [4.69, 9.17) is 46.7 Å². The van der Waals surface area contributed by atoms with Gasteiger partial charge in [0.15, 0.2) is 0 Å². The van der Waals surface area contributed by atoms with Gasteiger partial charge in [0.25, 0.3) is 0 Å². The SMILES string of the molecule is CC(=O)O[C@@H]1CC[C@@H](C)O[C@@]1(C)[C@@H](C[C@@H]1[C]=[C]/C=C\C[C@H]2O[C@H]3CCCO[C@@H]3C=C[C@@H]2O1)O[Si](C(C)C)(C(C)C)C(C)C.[C-]#[O+].[C-]#[O+].[C-]#[O+].[C-]#[O+].[Co].[Co]. The summed E-state index contributed by atoms with van der Waals surface area (Å²) in [5, 5.41) is 0. The van der Waals surface area contributed by atoms with E-state index in [2.05, 4.69) is 112 Å². The maximum Gasteiger partial charge on any atom is 0 e. The van der Waals surface area contributed by atoms with Crippen LogP contribution in [0.4, 0.5) is 0 Å². The Morgan fingerprint density at radius 3 is 2.00 bits per heavy atom. The van der Waals surface area contributed by atoms with Gasteiger partial charge in [-0.1, -0.05) is 65.8 Å². The van der Waals surface area contributed by atoms with Crippen LogP contribution in [0.1, 0.15) is 101 Å². The van der Waals surface area contributed by atoms with Gasteiger partial charge < -0.3 is 28.1 Å². The Labute approximate surface area is 339 Å². The molecule has 0 bridgehead atoms. The molecular weight excluding hydrogens is 790 g/mol. The first-order chi connectivity index (χ1) is 24.4. The maximum absolute atomic E-state index is 12.3. The third-order valence-corrected chi connectivity index (χ3v) is 16.1. The molecule has 14 heteroatoms. The van der Waals surface area contributed by atoms with E-state index in [-0.39, 0.29) is 70.0 Å². The first-order valence-corrected chi connectivity index (χ1v) is 19.6. The third kappa shape index (κ3) is 15.6. The fourth-order valence-electron chi connectivity index (χ4n) is 7.96. The van der Waals surface area contributed by atoms with Crippen LogP contribution >= 0.6 is 0 Å². The van der Waals surface area contributed by atoms with E-state index in [1.54, 1.807) is 0 Å². The molecule has 0 N–H and O–H groups in total. The normalized spacial score (nSPS) is 29.9. The average molecular weight is 847 g/mol. The Balaban J connectivity index is -0.00000234. The van der Waals surface area contributed by atoms with Gasteiger partial charge in [-0.25, -0.2) is 0 Å². The van der Waals surface area contributed by atoms with Gasteiger partial charge in [-0.05, 0) is 74.7 Å². The van der Waals surface area contributed by atoms with Crippen LogP contribution in [-0.2, 0) is 85.1 Å². The molecule has 4 rings (SSSR count). The molecule has 2 fully saturated rings. The van der Waals surface area contributed by atoms with Gasteiger partial charge in [-0.2, -0.15) is 0 Å². The summed E-state index contributed by atoms with van der Waals surface area (Å²) in [5.41, 5.74) is 0.242. The molecule has 4 aliphatic rings. The van der Waals surface area contributed by atoms with Gasteiger partial charge in [0.05, 0.1) is 30.5 Å². The Morgan fingerprint density at radius 2 is 1.45 bits per heavy atom. The van der Waals surface area contributed by atoms with Crippen LogP contribution in [0, 0.1) is 38.8 Å². The minimum Gasteiger partial charge on any atom is 0 e. The molecule has 0 aromatic rings. The van der Waals surface area contributed by atoms with Crippen LogP contribution in [0.25, 0.3) is 0 Å². The molecule has 9 atom stereocenters. The first-order valence-electron chi connectivity index (χ1n) is 17.5. The monoisotopic (exact) mass is 846 g/mol. The topological polar surface area (TPSA) is 152 Å². The summed E-state index contributed by atoms with van der Waals surface area (Å²) in [5.74, 6) is -0.302. The van der Waals surface area contributed by atoms with Crippen LogP contribution in [-0.4, -0.2) is 75.3 Å². The van der Waals surface area contributed by atoms with Crippen molar-refractivity contribution in [3.63, 3.8) is 0 Å². The molecule has 53 heavy (non-hydrogen) atoms. The number of carbonyl (C=O) groups is 1. The molecule has 11 nitrogen and oxygen atoms in total. The first kappa shape index (κ1) is 56.0. The number of rotatable bonds is 9. The predicted molar refractivity (Wildman–Crippen MR) is 186 cm³/mol. The molecule has 0 aromatic heterocycles. The van der Waals surface area contributed by atoms with Crippen LogP contribution in [0.15, 0.2) is 24.3 Å². The van der Waals surface area contributed by atoms with Gasteiger partial charge >= 0.3 is 51.2 Å². The number of hydrogen-bond acceptors (Lipinski definition) is 7. The van der Waals surface area contributed by atoms with E-state index in [9.17, 15) is 4.79 Å². The van der Waals surface area contributed by atoms with Crippen LogP contribution in [0.3, 0.4) is 0 Å². The molecule has 4 aliphatic heterocycles. The van der Waals surface area contributed by atoms with Crippen LogP contribution in [0.5, 0.6) is 0 Å². The van der Waals surface area contributed by atoms with Gasteiger partial charge in [0.1, 0.15) is 23.9 Å². The number of ether oxygens (including phenoxy) is 5. The summed E-state index contributed by atoms with van der Waals surface area (Å²) in [4.78, 5) is 12.3. The zero-order chi connectivity index (χ0) is 39.4. The minimum absolute atomic E-state index is 0. The smallest absolute Gasteiger partial charge is 0 e. The van der Waals surface area contributed by atoms with Crippen LogP contribution < -0.4 is 0 Å². The summed E-state index contributed by atoms with van der Waals surface area (Å²) in [6.45, 7) is 38.2. The van der Waals surface area contributed by atoms with Crippen molar-refractivity contribution in [1.82, 2.24) is 0 Å². The van der Waals surface area contributed by atoms with Crippen molar-refractivity contribution in [2.24, 2.45) is 0 Å². The number of esters is 1. The number of allylic oxidation sites excluding steroid dienone is 2. The molecular formula is C39H56Co2O11Si. The fraction of sp³-hybridized carbons (Fsp3) is 0.718. The molecule has 0 aliphatic carbocycles. The third-order valence-electron chi connectivity index (χ3n) is 10.0. The molecule has 0 spiro atoms. The van der Waals surface area contributed by atoms with Crippen molar-refractivity contribution >= 4 is 14.3 Å². The molecule has 300 valence electrons. The molecule has 4 radical (unpaired) electrons. The Hall–Kier alpha value is -1.32. The number of carbonyl (C=O) groups excluding carboxylic acids is 1. The molecule has 4 heterocycles. The van der Waals surface area contributed by atoms with Crippen molar-refractivity contribution in [2.45, 2.75) is 172 Å². The second-order valence-electron chi connectivity index (χ2n) is 14.0. The van der Waals surface area contributed by atoms with E-state index in [0.717, 1.165) is 38.7 Å². The van der Waals surface area contributed by atoms with Gasteiger partial charge in [0.2, 0.25) is 8.32 Å². The van der Waals surface area contributed by atoms with E-state index in [0.29, 0.717) is 23.0 Å². The van der Waals surface area contributed by atoms with Crippen molar-refractivity contribution in [1.29, 1.82) is 0 Å². The number of fused-ring (bicyclic) bond motifs is 2. The summed E-state index contributed by atoms with van der Waals surface area (Å²) < 4.78 is 69.8.